The highest BCUT2D eigenvalue weighted by molar-refractivity contribution is 7.89. The first kappa shape index (κ1) is 22.4. The van der Waals surface area contributed by atoms with Gasteiger partial charge in [0.1, 0.15) is 12.4 Å². The van der Waals surface area contributed by atoms with Crippen molar-refractivity contribution in [3.8, 4) is 0 Å². The third-order valence-corrected chi connectivity index (χ3v) is 6.46. The second kappa shape index (κ2) is 8.82. The Morgan fingerprint density at radius 2 is 1.97 bits per heavy atom. The number of carbonyl (C=O) groups is 1. The molecule has 0 saturated heterocycles. The van der Waals surface area contributed by atoms with Gasteiger partial charge >= 0.3 is 5.97 Å². The normalized spacial score (nSPS) is 11.7. The van der Waals surface area contributed by atoms with Crippen LogP contribution in [0.15, 0.2) is 47.4 Å². The van der Waals surface area contributed by atoms with Crippen LogP contribution in [0.1, 0.15) is 29.5 Å². The second-order valence-electron chi connectivity index (χ2n) is 7.00. The van der Waals surface area contributed by atoms with Gasteiger partial charge in [-0.15, -0.1) is 0 Å². The van der Waals surface area contributed by atoms with Crippen LogP contribution in [0.3, 0.4) is 0 Å². The van der Waals surface area contributed by atoms with Crippen LogP contribution in [0.2, 0.25) is 0 Å². The first-order valence-electron chi connectivity index (χ1n) is 9.48. The SMILES string of the molecule is CCCn1c(COC(=O)c2cccc([N+](=O)[O-])c2)nc2cc(S(=O)(=O)N(C)C)ccc21. The summed E-state index contributed by atoms with van der Waals surface area (Å²) in [5, 5.41) is 10.9. The van der Waals surface area contributed by atoms with Crippen molar-refractivity contribution in [1.29, 1.82) is 0 Å². The lowest BCUT2D eigenvalue weighted by Gasteiger charge is -2.11. The molecule has 2 aromatic carbocycles. The topological polar surface area (TPSA) is 125 Å². The van der Waals surface area contributed by atoms with Crippen molar-refractivity contribution in [2.75, 3.05) is 14.1 Å². The number of aromatic nitrogens is 2. The zero-order valence-corrected chi connectivity index (χ0v) is 18.1. The number of hydrogen-bond acceptors (Lipinski definition) is 7. The van der Waals surface area contributed by atoms with Gasteiger partial charge in [0.25, 0.3) is 5.69 Å². The first-order chi connectivity index (χ1) is 14.6. The maximum atomic E-state index is 12.4. The molecule has 0 N–H and O–H groups in total. The van der Waals surface area contributed by atoms with E-state index >= 15 is 0 Å². The third kappa shape index (κ3) is 4.57. The second-order valence-corrected chi connectivity index (χ2v) is 9.15. The van der Waals surface area contributed by atoms with Crippen LogP contribution in [0, 0.1) is 10.1 Å². The highest BCUT2D eigenvalue weighted by atomic mass is 32.2. The van der Waals surface area contributed by atoms with Gasteiger partial charge in [0.15, 0.2) is 0 Å². The maximum Gasteiger partial charge on any atom is 0.338 e. The highest BCUT2D eigenvalue weighted by Gasteiger charge is 2.20. The van der Waals surface area contributed by atoms with Crippen molar-refractivity contribution in [3.05, 3.63) is 64.0 Å². The van der Waals surface area contributed by atoms with Crippen LogP contribution in [0.5, 0.6) is 0 Å². The van der Waals surface area contributed by atoms with E-state index in [1.165, 1.54) is 44.4 Å². The lowest BCUT2D eigenvalue weighted by atomic mass is 10.2. The van der Waals surface area contributed by atoms with Crippen LogP contribution in [0.25, 0.3) is 11.0 Å². The average molecular weight is 446 g/mol. The maximum absolute atomic E-state index is 12.4. The Bertz CT molecular complexity index is 1250. The minimum Gasteiger partial charge on any atom is -0.454 e. The predicted octanol–water partition coefficient (Wildman–Crippen LogP) is 2.96. The summed E-state index contributed by atoms with van der Waals surface area (Å²) in [5.41, 5.74) is 1.05. The van der Waals surface area contributed by atoms with E-state index in [0.29, 0.717) is 17.9 Å². The van der Waals surface area contributed by atoms with Crippen molar-refractivity contribution in [2.45, 2.75) is 31.4 Å². The number of imidazole rings is 1. The molecule has 0 spiro atoms. The molecule has 0 amide bonds. The van der Waals surface area contributed by atoms with Gasteiger partial charge in [-0.1, -0.05) is 13.0 Å². The smallest absolute Gasteiger partial charge is 0.338 e. The van der Waals surface area contributed by atoms with Gasteiger partial charge in [-0.3, -0.25) is 10.1 Å². The largest absolute Gasteiger partial charge is 0.454 e. The number of benzene rings is 2. The van der Waals surface area contributed by atoms with E-state index in [-0.39, 0.29) is 22.8 Å². The molecule has 1 aromatic heterocycles. The Kier molecular flexibility index (Phi) is 6.37. The predicted molar refractivity (Wildman–Crippen MR) is 113 cm³/mol. The molecule has 3 aromatic rings. The Morgan fingerprint density at radius 1 is 1.23 bits per heavy atom. The van der Waals surface area contributed by atoms with E-state index in [2.05, 4.69) is 4.98 Å². The van der Waals surface area contributed by atoms with Crippen LogP contribution in [-0.4, -0.2) is 47.3 Å². The zero-order valence-electron chi connectivity index (χ0n) is 17.3. The summed E-state index contributed by atoms with van der Waals surface area (Å²) in [6.45, 7) is 2.42. The van der Waals surface area contributed by atoms with Gasteiger partial charge in [-0.25, -0.2) is 22.5 Å². The molecule has 31 heavy (non-hydrogen) atoms. The molecular weight excluding hydrogens is 424 g/mol. The van der Waals surface area contributed by atoms with Crippen LogP contribution >= 0.6 is 0 Å². The van der Waals surface area contributed by atoms with E-state index in [0.717, 1.165) is 22.3 Å². The van der Waals surface area contributed by atoms with E-state index in [1.807, 2.05) is 11.5 Å². The van der Waals surface area contributed by atoms with E-state index in [9.17, 15) is 23.3 Å². The van der Waals surface area contributed by atoms with Gasteiger partial charge < -0.3 is 9.30 Å². The molecule has 0 unspecified atom stereocenters. The standard InChI is InChI=1S/C20H22N4O6S/c1-4-10-23-18-9-8-16(31(28,29)22(2)3)12-17(18)21-19(23)13-30-20(25)14-6-5-7-15(11-14)24(26)27/h5-9,11-12H,4,10,13H2,1-3H3. The van der Waals surface area contributed by atoms with Gasteiger partial charge in [0, 0.05) is 32.8 Å². The van der Waals surface area contributed by atoms with Gasteiger partial charge in [-0.2, -0.15) is 0 Å². The molecule has 10 nitrogen and oxygen atoms in total. The molecule has 11 heteroatoms. The summed E-state index contributed by atoms with van der Waals surface area (Å²) < 4.78 is 33.1. The molecule has 164 valence electrons. The molecular formula is C20H22N4O6S. The fraction of sp³-hybridized carbons (Fsp3) is 0.300. The number of rotatable bonds is 8. The van der Waals surface area contributed by atoms with E-state index in [1.54, 1.807) is 6.07 Å². The fourth-order valence-corrected chi connectivity index (χ4v) is 4.00. The summed E-state index contributed by atoms with van der Waals surface area (Å²) in [6.07, 6.45) is 0.787. The number of fused-ring (bicyclic) bond motifs is 1. The molecule has 0 aliphatic heterocycles. The molecule has 0 aliphatic carbocycles. The van der Waals surface area contributed by atoms with Gasteiger partial charge in [0.2, 0.25) is 10.0 Å². The zero-order chi connectivity index (χ0) is 22.8. The summed E-state index contributed by atoms with van der Waals surface area (Å²) in [4.78, 5) is 27.3. The Morgan fingerprint density at radius 3 is 2.61 bits per heavy atom. The minimum absolute atomic E-state index is 0.0618. The summed E-state index contributed by atoms with van der Waals surface area (Å²) >= 11 is 0. The summed E-state index contributed by atoms with van der Waals surface area (Å²) in [5.74, 6) is -0.260. The number of aryl methyl sites for hydroxylation is 1. The van der Waals surface area contributed by atoms with Crippen molar-refractivity contribution >= 4 is 32.7 Å². The summed E-state index contributed by atoms with van der Waals surface area (Å²) in [7, 11) is -0.709. The van der Waals surface area contributed by atoms with Crippen LogP contribution < -0.4 is 0 Å². The average Bonchev–Trinajstić information content (AvgIpc) is 3.09. The number of sulfonamides is 1. The van der Waals surface area contributed by atoms with Gasteiger partial charge in [0.05, 0.1) is 26.4 Å². The van der Waals surface area contributed by atoms with Crippen molar-refractivity contribution in [2.24, 2.45) is 0 Å². The Labute approximate surface area is 179 Å². The van der Waals surface area contributed by atoms with Crippen LogP contribution in [0.4, 0.5) is 5.69 Å². The number of esters is 1. The summed E-state index contributed by atoms with van der Waals surface area (Å²) in [6, 6.07) is 9.97. The Balaban J connectivity index is 1.90. The monoisotopic (exact) mass is 446 g/mol. The number of ether oxygens (including phenoxy) is 1. The van der Waals surface area contributed by atoms with Crippen molar-refractivity contribution < 1.29 is 22.9 Å². The molecule has 0 aliphatic rings. The van der Waals surface area contributed by atoms with Crippen LogP contribution in [-0.2, 0) is 27.9 Å². The molecule has 0 bridgehead atoms. The number of nitro groups is 1. The number of hydrogen-bond donors (Lipinski definition) is 0. The van der Waals surface area contributed by atoms with E-state index < -0.39 is 20.9 Å². The molecule has 0 fully saturated rings. The number of non-ortho nitro benzene ring substituents is 1. The van der Waals surface area contributed by atoms with Gasteiger partial charge in [-0.05, 0) is 30.7 Å². The fourth-order valence-electron chi connectivity index (χ4n) is 3.07. The molecule has 0 radical (unpaired) electrons. The lowest BCUT2D eigenvalue weighted by molar-refractivity contribution is -0.384. The highest BCUT2D eigenvalue weighted by Crippen LogP contribution is 2.23. The minimum atomic E-state index is -3.61. The third-order valence-electron chi connectivity index (χ3n) is 4.65. The number of nitrogens with zero attached hydrogens (tertiary/aromatic N) is 4. The molecule has 1 heterocycles. The van der Waals surface area contributed by atoms with Crippen molar-refractivity contribution in [1.82, 2.24) is 13.9 Å². The number of nitro benzene ring substituents is 1. The quantitative estimate of drug-likeness (QED) is 0.296. The molecule has 0 atom stereocenters. The first-order valence-corrected chi connectivity index (χ1v) is 10.9. The van der Waals surface area contributed by atoms with E-state index in [4.69, 9.17) is 4.74 Å². The molecule has 3 rings (SSSR count). The molecule has 0 saturated carbocycles. The lowest BCUT2D eigenvalue weighted by Crippen LogP contribution is -2.22. The number of carbonyl (C=O) groups excluding carboxylic acids is 1. The Hall–Kier alpha value is -3.31. The van der Waals surface area contributed by atoms with Crippen molar-refractivity contribution in [3.63, 3.8) is 0 Å².